The Labute approximate surface area is 220 Å². The maximum Gasteiger partial charge on any atom is 0.431 e. The molecule has 0 heterocycles. The molecule has 0 aromatic rings. The lowest BCUT2D eigenvalue weighted by atomic mass is 10.0. The summed E-state index contributed by atoms with van der Waals surface area (Å²) in [6.07, 6.45) is -3.65. The van der Waals surface area contributed by atoms with E-state index in [1.165, 1.54) is 0 Å². The first-order valence-electron chi connectivity index (χ1n) is 12.6. The molecule has 3 amide bonds. The van der Waals surface area contributed by atoms with E-state index >= 15 is 0 Å². The van der Waals surface area contributed by atoms with E-state index in [0.717, 1.165) is 0 Å². The summed E-state index contributed by atoms with van der Waals surface area (Å²) >= 11 is 0. The summed E-state index contributed by atoms with van der Waals surface area (Å²) in [4.78, 5) is 66.0. The lowest BCUT2D eigenvalue weighted by Crippen LogP contribution is -2.50. The van der Waals surface area contributed by atoms with Crippen molar-refractivity contribution in [2.45, 2.75) is 119 Å². The van der Waals surface area contributed by atoms with E-state index in [1.807, 2.05) is 6.92 Å². The summed E-state index contributed by atoms with van der Waals surface area (Å²) in [5.41, 5.74) is 5.12. The van der Waals surface area contributed by atoms with Gasteiger partial charge in [0.15, 0.2) is 18.3 Å². The van der Waals surface area contributed by atoms with Gasteiger partial charge < -0.3 is 9.47 Å². The quantitative estimate of drug-likeness (QED) is 0.239. The van der Waals surface area contributed by atoms with Crippen LogP contribution in [0, 0.1) is 17.8 Å². The molecule has 0 spiro atoms. The Balaban J connectivity index is 5.23. The lowest BCUT2D eigenvalue weighted by Gasteiger charge is -2.27. The molecule has 0 saturated heterocycles. The van der Waals surface area contributed by atoms with Gasteiger partial charge in [-0.15, -0.1) is 0 Å². The zero-order valence-electron chi connectivity index (χ0n) is 24.3. The van der Waals surface area contributed by atoms with Crippen LogP contribution in [0.4, 0.5) is 4.79 Å². The highest BCUT2D eigenvalue weighted by Gasteiger charge is 2.33. The van der Waals surface area contributed by atoms with Crippen molar-refractivity contribution < 1.29 is 43.2 Å². The number of rotatable bonds is 13. The predicted octanol–water partition coefficient (Wildman–Crippen LogP) is 3.34. The second-order valence-electron chi connectivity index (χ2n) is 11.6. The fraction of sp³-hybridized carbons (Fsp3) is 0.840. The molecule has 0 fully saturated rings. The van der Waals surface area contributed by atoms with Crippen molar-refractivity contribution >= 4 is 23.9 Å². The van der Waals surface area contributed by atoms with Crippen molar-refractivity contribution in [3.63, 3.8) is 0 Å². The molecule has 12 heteroatoms. The number of carbonyl (C=O) groups excluding carboxylic acids is 4. The Bertz CT molecular complexity index is 757. The van der Waals surface area contributed by atoms with Gasteiger partial charge >= 0.3 is 12.1 Å². The zero-order valence-corrected chi connectivity index (χ0v) is 24.3. The molecule has 0 rings (SSSR count). The molecule has 0 aliphatic rings. The molecule has 3 N–H and O–H groups in total. The van der Waals surface area contributed by atoms with E-state index in [9.17, 15) is 19.2 Å². The van der Waals surface area contributed by atoms with Crippen LogP contribution in [0.2, 0.25) is 0 Å². The molecule has 0 aliphatic heterocycles. The van der Waals surface area contributed by atoms with Crippen molar-refractivity contribution in [3.05, 3.63) is 0 Å². The third-order valence-electron chi connectivity index (χ3n) is 4.77. The van der Waals surface area contributed by atoms with Gasteiger partial charge in [-0.05, 0) is 59.3 Å². The first-order valence-corrected chi connectivity index (χ1v) is 12.6. The number of carbonyl (C=O) groups is 4. The summed E-state index contributed by atoms with van der Waals surface area (Å²) in [6.45, 7) is 20.8. The maximum absolute atomic E-state index is 12.9. The van der Waals surface area contributed by atoms with Crippen LogP contribution in [0.25, 0.3) is 0 Å². The molecule has 216 valence electrons. The Hall–Kier alpha value is -2.44. The van der Waals surface area contributed by atoms with E-state index in [2.05, 4.69) is 16.4 Å². The van der Waals surface area contributed by atoms with Gasteiger partial charge in [0.1, 0.15) is 11.2 Å². The average molecular weight is 534 g/mol. The molecule has 0 saturated carbocycles. The Kier molecular flexibility index (Phi) is 14.1. The predicted molar refractivity (Wildman–Crippen MR) is 135 cm³/mol. The minimum Gasteiger partial charge on any atom is -0.458 e. The minimum atomic E-state index is -1.15. The van der Waals surface area contributed by atoms with Crippen molar-refractivity contribution in [2.75, 3.05) is 0 Å². The molecule has 0 aromatic heterocycles. The smallest absolute Gasteiger partial charge is 0.431 e. The largest absolute Gasteiger partial charge is 0.458 e. The number of hydroxylamine groups is 3. The highest BCUT2D eigenvalue weighted by Crippen LogP contribution is 2.16. The minimum absolute atomic E-state index is 0.292. The van der Waals surface area contributed by atoms with Crippen molar-refractivity contribution in [3.8, 4) is 0 Å². The first-order chi connectivity index (χ1) is 16.8. The molecule has 12 nitrogen and oxygen atoms in total. The Morgan fingerprint density at radius 1 is 0.622 bits per heavy atom. The normalized spacial score (nSPS) is 15.4. The topological polar surface area (TPSA) is 151 Å². The second kappa shape index (κ2) is 15.1. The highest BCUT2D eigenvalue weighted by atomic mass is 16.7. The fourth-order valence-corrected chi connectivity index (χ4v) is 2.72. The van der Waals surface area contributed by atoms with Gasteiger partial charge in [0, 0.05) is 0 Å². The number of esters is 1. The average Bonchev–Trinajstić information content (AvgIpc) is 2.70. The van der Waals surface area contributed by atoms with Crippen LogP contribution in [0.15, 0.2) is 0 Å². The molecule has 0 bridgehead atoms. The fourth-order valence-electron chi connectivity index (χ4n) is 2.72. The molecular formula is C25H47N3O9. The number of ether oxygens (including phenoxy) is 2. The zero-order chi connectivity index (χ0) is 29.1. The van der Waals surface area contributed by atoms with E-state index < -0.39 is 53.4 Å². The summed E-state index contributed by atoms with van der Waals surface area (Å²) in [6, 6.07) is 0. The van der Waals surface area contributed by atoms with Gasteiger partial charge in [-0.1, -0.05) is 48.0 Å². The maximum atomic E-state index is 12.9. The number of hydrogen-bond donors (Lipinski definition) is 3. The first kappa shape index (κ1) is 34.6. The van der Waals surface area contributed by atoms with Crippen LogP contribution in [-0.2, 0) is 38.4 Å². The second-order valence-corrected chi connectivity index (χ2v) is 11.6. The van der Waals surface area contributed by atoms with Gasteiger partial charge in [0.05, 0.1) is 0 Å². The SMILES string of the molecule is CCC(C)[C@@H](ONC(=O)[C@H](ONC(=O)OC(C)(C)C)C(C)C)C(=O)NO[C@@H](C(=O)OC(C)(C)C)C(C)C. The van der Waals surface area contributed by atoms with Crippen LogP contribution >= 0.6 is 0 Å². The highest BCUT2D eigenvalue weighted by molar-refractivity contribution is 5.82. The van der Waals surface area contributed by atoms with Crippen LogP contribution in [0.5, 0.6) is 0 Å². The van der Waals surface area contributed by atoms with Crippen LogP contribution in [0.1, 0.15) is 89.5 Å². The van der Waals surface area contributed by atoms with Gasteiger partial charge in [0.2, 0.25) is 0 Å². The Morgan fingerprint density at radius 3 is 1.43 bits per heavy atom. The van der Waals surface area contributed by atoms with Gasteiger partial charge in [-0.3, -0.25) is 24.1 Å². The van der Waals surface area contributed by atoms with Crippen molar-refractivity contribution in [2.24, 2.45) is 17.8 Å². The van der Waals surface area contributed by atoms with Crippen LogP contribution < -0.4 is 16.4 Å². The number of hydrogen-bond acceptors (Lipinski definition) is 9. The molecule has 0 radical (unpaired) electrons. The summed E-state index contributed by atoms with van der Waals surface area (Å²) in [5, 5.41) is 0. The third kappa shape index (κ3) is 14.2. The van der Waals surface area contributed by atoms with Crippen LogP contribution in [-0.4, -0.2) is 53.4 Å². The molecule has 1 unspecified atom stereocenters. The van der Waals surface area contributed by atoms with Gasteiger partial charge in [0.25, 0.3) is 11.8 Å². The molecule has 4 atom stereocenters. The van der Waals surface area contributed by atoms with E-state index in [0.29, 0.717) is 6.42 Å². The van der Waals surface area contributed by atoms with Gasteiger partial charge in [-0.2, -0.15) is 5.48 Å². The van der Waals surface area contributed by atoms with Crippen molar-refractivity contribution in [1.82, 2.24) is 16.4 Å². The summed E-state index contributed by atoms with van der Waals surface area (Å²) in [5.74, 6) is -3.02. The van der Waals surface area contributed by atoms with Crippen molar-refractivity contribution in [1.29, 1.82) is 0 Å². The lowest BCUT2D eigenvalue weighted by molar-refractivity contribution is -0.185. The molecule has 0 aromatic carbocycles. The van der Waals surface area contributed by atoms with Gasteiger partial charge in [-0.25, -0.2) is 20.5 Å². The van der Waals surface area contributed by atoms with E-state index in [4.69, 9.17) is 24.0 Å². The van der Waals surface area contributed by atoms with Crippen LogP contribution in [0.3, 0.4) is 0 Å². The third-order valence-corrected chi connectivity index (χ3v) is 4.77. The number of nitrogens with one attached hydrogen (secondary N) is 3. The standard InChI is InChI=1S/C25H47N3O9/c1-13-16(6)19(21(30)27-36-18(15(4)5)22(31)33-24(7,8)9)37-26-20(29)17(14(2)3)35-28-23(32)34-25(10,11)12/h14-19H,13H2,1-12H3,(H,26,29)(H,27,30)(H,28,32)/t16?,17-,18-,19-/m1/s1. The Morgan fingerprint density at radius 2 is 1.03 bits per heavy atom. The molecule has 37 heavy (non-hydrogen) atoms. The molecule has 0 aliphatic carbocycles. The van der Waals surface area contributed by atoms with E-state index in [-0.39, 0.29) is 17.8 Å². The van der Waals surface area contributed by atoms with E-state index in [1.54, 1.807) is 76.2 Å². The summed E-state index contributed by atoms with van der Waals surface area (Å²) in [7, 11) is 0. The summed E-state index contributed by atoms with van der Waals surface area (Å²) < 4.78 is 10.5. The molecular weight excluding hydrogens is 486 g/mol. The monoisotopic (exact) mass is 533 g/mol. The number of amides is 3.